The van der Waals surface area contributed by atoms with Crippen LogP contribution in [0.25, 0.3) is 0 Å². The third kappa shape index (κ3) is 4.18. The number of carbonyl (C=O) groups is 1. The standard InChI is InChI=1S/C18H15FN2O2S2/c1-25(23)15-8-6-13(7-9-15)17(22)20-18-21(10-11-24-18)12-14-4-2-3-5-16(14)19/h2-11H,12H2,1H3. The molecular weight excluding hydrogens is 359 g/mol. The maximum Gasteiger partial charge on any atom is 0.279 e. The third-order valence-corrected chi connectivity index (χ3v) is 5.32. The molecule has 25 heavy (non-hydrogen) atoms. The first-order valence-corrected chi connectivity index (χ1v) is 9.88. The van der Waals surface area contributed by atoms with Crippen molar-refractivity contribution in [3.8, 4) is 0 Å². The first-order chi connectivity index (χ1) is 12.0. The lowest BCUT2D eigenvalue weighted by Crippen LogP contribution is -2.17. The fourth-order valence-electron chi connectivity index (χ4n) is 2.26. The average Bonchev–Trinajstić information content (AvgIpc) is 3.04. The van der Waals surface area contributed by atoms with Crippen LogP contribution < -0.4 is 4.80 Å². The van der Waals surface area contributed by atoms with E-state index in [0.29, 0.717) is 27.4 Å². The molecule has 3 rings (SSSR count). The Balaban J connectivity index is 1.87. The van der Waals surface area contributed by atoms with Gasteiger partial charge in [-0.05, 0) is 30.3 Å². The topological polar surface area (TPSA) is 51.4 Å². The summed E-state index contributed by atoms with van der Waals surface area (Å²) < 4.78 is 26.9. The maximum absolute atomic E-state index is 13.8. The highest BCUT2D eigenvalue weighted by atomic mass is 32.2. The van der Waals surface area contributed by atoms with Gasteiger partial charge >= 0.3 is 0 Å². The summed E-state index contributed by atoms with van der Waals surface area (Å²) in [6.07, 6.45) is 3.35. The molecule has 0 saturated heterocycles. The molecule has 7 heteroatoms. The Morgan fingerprint density at radius 3 is 2.60 bits per heavy atom. The lowest BCUT2D eigenvalue weighted by molar-refractivity contribution is 0.0997. The van der Waals surface area contributed by atoms with Gasteiger partial charge in [-0.2, -0.15) is 4.99 Å². The average molecular weight is 374 g/mol. The number of halogens is 1. The zero-order valence-electron chi connectivity index (χ0n) is 13.4. The highest BCUT2D eigenvalue weighted by molar-refractivity contribution is 7.84. The van der Waals surface area contributed by atoms with Crippen molar-refractivity contribution in [2.75, 3.05) is 6.26 Å². The molecule has 0 aliphatic rings. The first-order valence-electron chi connectivity index (χ1n) is 7.44. The van der Waals surface area contributed by atoms with Gasteiger partial charge in [0.2, 0.25) is 0 Å². The quantitative estimate of drug-likeness (QED) is 0.704. The van der Waals surface area contributed by atoms with E-state index in [1.165, 1.54) is 17.4 Å². The molecule has 4 nitrogen and oxygen atoms in total. The summed E-state index contributed by atoms with van der Waals surface area (Å²) in [5.74, 6) is -0.681. The van der Waals surface area contributed by atoms with Gasteiger partial charge in [-0.15, -0.1) is 11.3 Å². The molecule has 0 N–H and O–H groups in total. The van der Waals surface area contributed by atoms with Crippen molar-refractivity contribution in [3.05, 3.63) is 81.9 Å². The van der Waals surface area contributed by atoms with Crippen LogP contribution in [-0.2, 0) is 17.3 Å². The van der Waals surface area contributed by atoms with E-state index >= 15 is 0 Å². The smallest absolute Gasteiger partial charge is 0.279 e. The molecule has 0 aliphatic heterocycles. The van der Waals surface area contributed by atoms with Gasteiger partial charge in [0.15, 0.2) is 4.80 Å². The Hall–Kier alpha value is -2.38. The maximum atomic E-state index is 13.8. The summed E-state index contributed by atoms with van der Waals surface area (Å²) in [5, 5.41) is 1.80. The minimum atomic E-state index is -1.09. The van der Waals surface area contributed by atoms with Crippen LogP contribution in [-0.4, -0.2) is 20.9 Å². The van der Waals surface area contributed by atoms with E-state index in [9.17, 15) is 13.4 Å². The van der Waals surface area contributed by atoms with Crippen LogP contribution in [0.1, 0.15) is 15.9 Å². The van der Waals surface area contributed by atoms with Crippen molar-refractivity contribution in [2.24, 2.45) is 4.99 Å². The highest BCUT2D eigenvalue weighted by Crippen LogP contribution is 2.10. The lowest BCUT2D eigenvalue weighted by atomic mass is 10.2. The number of rotatable bonds is 4. The third-order valence-electron chi connectivity index (χ3n) is 3.59. The molecule has 0 bridgehead atoms. The number of nitrogens with zero attached hydrogens (tertiary/aromatic N) is 2. The van der Waals surface area contributed by atoms with Crippen molar-refractivity contribution in [3.63, 3.8) is 0 Å². The fourth-order valence-corrected chi connectivity index (χ4v) is 3.50. The van der Waals surface area contributed by atoms with E-state index in [2.05, 4.69) is 4.99 Å². The molecule has 1 atom stereocenters. The predicted molar refractivity (Wildman–Crippen MR) is 96.5 cm³/mol. The highest BCUT2D eigenvalue weighted by Gasteiger charge is 2.07. The van der Waals surface area contributed by atoms with E-state index in [1.807, 2.05) is 0 Å². The Bertz CT molecular complexity index is 991. The summed E-state index contributed by atoms with van der Waals surface area (Å²) in [7, 11) is -1.09. The van der Waals surface area contributed by atoms with E-state index in [4.69, 9.17) is 0 Å². The Labute approximate surface area is 150 Å². The molecule has 1 unspecified atom stereocenters. The molecule has 0 saturated carbocycles. The van der Waals surface area contributed by atoms with Gasteiger partial charge in [-0.3, -0.25) is 9.00 Å². The van der Waals surface area contributed by atoms with Crippen LogP contribution in [0.2, 0.25) is 0 Å². The molecule has 1 aromatic heterocycles. The van der Waals surface area contributed by atoms with E-state index < -0.39 is 16.7 Å². The summed E-state index contributed by atoms with van der Waals surface area (Å²) >= 11 is 1.31. The number of aromatic nitrogens is 1. The van der Waals surface area contributed by atoms with Crippen molar-refractivity contribution in [1.29, 1.82) is 0 Å². The van der Waals surface area contributed by atoms with Crippen LogP contribution in [0, 0.1) is 5.82 Å². The molecule has 128 valence electrons. The number of carbonyl (C=O) groups excluding carboxylic acids is 1. The van der Waals surface area contributed by atoms with E-state index in [0.717, 1.165) is 0 Å². The van der Waals surface area contributed by atoms with Crippen LogP contribution in [0.15, 0.2) is 70.0 Å². The summed E-state index contributed by atoms with van der Waals surface area (Å²) in [6, 6.07) is 13.0. The molecule has 3 aromatic rings. The molecular formula is C18H15FN2O2S2. The van der Waals surface area contributed by atoms with Crippen molar-refractivity contribution in [2.45, 2.75) is 11.4 Å². The van der Waals surface area contributed by atoms with Gasteiger partial charge in [-0.1, -0.05) is 18.2 Å². The van der Waals surface area contributed by atoms with Crippen molar-refractivity contribution >= 4 is 28.0 Å². The van der Waals surface area contributed by atoms with E-state index in [1.54, 1.807) is 64.9 Å². The molecule has 2 aromatic carbocycles. The monoisotopic (exact) mass is 374 g/mol. The van der Waals surface area contributed by atoms with Gasteiger partial charge in [0, 0.05) is 44.7 Å². The molecule has 0 fully saturated rings. The molecule has 0 radical (unpaired) electrons. The van der Waals surface area contributed by atoms with Crippen LogP contribution in [0.4, 0.5) is 4.39 Å². The second-order valence-electron chi connectivity index (χ2n) is 5.30. The fraction of sp³-hybridized carbons (Fsp3) is 0.111. The van der Waals surface area contributed by atoms with Crippen molar-refractivity contribution in [1.82, 2.24) is 4.57 Å². The van der Waals surface area contributed by atoms with Gasteiger partial charge in [0.25, 0.3) is 5.91 Å². The lowest BCUT2D eigenvalue weighted by Gasteiger charge is -2.04. The zero-order valence-corrected chi connectivity index (χ0v) is 15.0. The Morgan fingerprint density at radius 2 is 1.92 bits per heavy atom. The van der Waals surface area contributed by atoms with Gasteiger partial charge < -0.3 is 4.57 Å². The minimum absolute atomic E-state index is 0.290. The molecule has 1 amide bonds. The van der Waals surface area contributed by atoms with Gasteiger partial charge in [0.1, 0.15) is 5.82 Å². The van der Waals surface area contributed by atoms with E-state index in [-0.39, 0.29) is 5.82 Å². The number of benzene rings is 2. The number of amides is 1. The molecule has 0 aliphatic carbocycles. The van der Waals surface area contributed by atoms with Crippen LogP contribution in [0.3, 0.4) is 0 Å². The summed E-state index contributed by atoms with van der Waals surface area (Å²) in [5.41, 5.74) is 0.949. The summed E-state index contributed by atoms with van der Waals surface area (Å²) in [6.45, 7) is 0.302. The number of hydrogen-bond donors (Lipinski definition) is 0. The second-order valence-corrected chi connectivity index (χ2v) is 7.55. The van der Waals surface area contributed by atoms with Crippen molar-refractivity contribution < 1.29 is 13.4 Å². The zero-order chi connectivity index (χ0) is 17.8. The second kappa shape index (κ2) is 7.67. The summed E-state index contributed by atoms with van der Waals surface area (Å²) in [4.78, 5) is 17.6. The Kier molecular flexibility index (Phi) is 5.35. The Morgan fingerprint density at radius 1 is 1.20 bits per heavy atom. The van der Waals surface area contributed by atoms with Crippen LogP contribution in [0.5, 0.6) is 0 Å². The van der Waals surface area contributed by atoms with Crippen LogP contribution >= 0.6 is 11.3 Å². The molecule has 0 spiro atoms. The SMILES string of the molecule is CS(=O)c1ccc(C(=O)N=c2sccn2Cc2ccccc2F)cc1. The number of thiazole rings is 1. The normalized spacial score (nSPS) is 13.0. The minimum Gasteiger partial charge on any atom is -0.319 e. The molecule has 1 heterocycles. The number of hydrogen-bond acceptors (Lipinski definition) is 3. The largest absolute Gasteiger partial charge is 0.319 e. The first kappa shape index (κ1) is 17.4. The van der Waals surface area contributed by atoms with Gasteiger partial charge in [-0.25, -0.2) is 4.39 Å². The van der Waals surface area contributed by atoms with Gasteiger partial charge in [0.05, 0.1) is 6.54 Å². The predicted octanol–water partition coefficient (Wildman–Crippen LogP) is 3.22.